The Balaban J connectivity index is 1.41. The van der Waals surface area contributed by atoms with Gasteiger partial charge in [0.05, 0.1) is 19.7 Å². The first-order valence-corrected chi connectivity index (χ1v) is 9.40. The van der Waals surface area contributed by atoms with E-state index in [0.29, 0.717) is 5.92 Å². The standard InChI is InChI=1S/C22H25N3O2/c1-26-19-10-16(11-20(12-19)27-2)15-25-8-5-17(6-9-25)21-13-22-18(14-24-21)4-3-7-23-22/h3-4,7,10-14,17H,5-6,8-9,15H2,1-2H3. The summed E-state index contributed by atoms with van der Waals surface area (Å²) in [5.41, 5.74) is 3.43. The van der Waals surface area contributed by atoms with E-state index in [0.717, 1.165) is 54.9 Å². The van der Waals surface area contributed by atoms with Crippen LogP contribution in [0.1, 0.15) is 30.0 Å². The lowest BCUT2D eigenvalue weighted by Crippen LogP contribution is -2.32. The molecule has 0 spiro atoms. The Bertz CT molecular complexity index is 898. The van der Waals surface area contributed by atoms with Crippen molar-refractivity contribution in [3.05, 3.63) is 60.0 Å². The van der Waals surface area contributed by atoms with Gasteiger partial charge in [-0.25, -0.2) is 0 Å². The summed E-state index contributed by atoms with van der Waals surface area (Å²) in [6.45, 7) is 3.03. The SMILES string of the molecule is COc1cc(CN2CCC(c3cc4ncccc4cn3)CC2)cc(OC)c1. The molecule has 5 heteroatoms. The van der Waals surface area contributed by atoms with Crippen LogP contribution in [0.3, 0.4) is 0 Å². The molecule has 1 aliphatic rings. The van der Waals surface area contributed by atoms with E-state index in [1.165, 1.54) is 11.3 Å². The second-order valence-corrected chi connectivity index (χ2v) is 7.08. The summed E-state index contributed by atoms with van der Waals surface area (Å²) in [5.74, 6) is 2.19. The van der Waals surface area contributed by atoms with Crippen molar-refractivity contribution in [2.24, 2.45) is 0 Å². The predicted molar refractivity (Wildman–Crippen MR) is 106 cm³/mol. The number of piperidine rings is 1. The molecule has 0 N–H and O–H groups in total. The van der Waals surface area contributed by atoms with Gasteiger partial charge in [-0.3, -0.25) is 14.9 Å². The average Bonchev–Trinajstić information content (AvgIpc) is 2.73. The summed E-state index contributed by atoms with van der Waals surface area (Å²) in [4.78, 5) is 11.6. The Morgan fingerprint density at radius 2 is 1.74 bits per heavy atom. The zero-order chi connectivity index (χ0) is 18.6. The van der Waals surface area contributed by atoms with Crippen molar-refractivity contribution in [3.63, 3.8) is 0 Å². The average molecular weight is 363 g/mol. The van der Waals surface area contributed by atoms with Gasteiger partial charge in [0.15, 0.2) is 0 Å². The van der Waals surface area contributed by atoms with Gasteiger partial charge in [0.1, 0.15) is 11.5 Å². The van der Waals surface area contributed by atoms with E-state index < -0.39 is 0 Å². The summed E-state index contributed by atoms with van der Waals surface area (Å²) in [7, 11) is 3.38. The quantitative estimate of drug-likeness (QED) is 0.685. The molecule has 4 rings (SSSR count). The van der Waals surface area contributed by atoms with Crippen molar-refractivity contribution >= 4 is 10.9 Å². The molecular formula is C22H25N3O2. The Labute approximate surface area is 160 Å². The minimum absolute atomic E-state index is 0.507. The highest BCUT2D eigenvalue weighted by molar-refractivity contribution is 5.77. The predicted octanol–water partition coefficient (Wildman–Crippen LogP) is 4.03. The van der Waals surface area contributed by atoms with Crippen molar-refractivity contribution in [2.45, 2.75) is 25.3 Å². The minimum Gasteiger partial charge on any atom is -0.497 e. The van der Waals surface area contributed by atoms with Gasteiger partial charge in [-0.2, -0.15) is 0 Å². The number of rotatable bonds is 5. The van der Waals surface area contributed by atoms with Gasteiger partial charge >= 0.3 is 0 Å². The highest BCUT2D eigenvalue weighted by Gasteiger charge is 2.22. The first kappa shape index (κ1) is 17.7. The van der Waals surface area contributed by atoms with Crippen LogP contribution in [0.25, 0.3) is 10.9 Å². The van der Waals surface area contributed by atoms with Gasteiger partial charge in [-0.1, -0.05) is 0 Å². The van der Waals surface area contributed by atoms with Crippen LogP contribution in [0, 0.1) is 0 Å². The summed E-state index contributed by atoms with van der Waals surface area (Å²) in [6, 6.07) is 12.3. The van der Waals surface area contributed by atoms with Crippen LogP contribution >= 0.6 is 0 Å². The fraction of sp³-hybridized carbons (Fsp3) is 0.364. The molecule has 3 aromatic rings. The van der Waals surface area contributed by atoms with Crippen LogP contribution < -0.4 is 9.47 Å². The Kier molecular flexibility index (Phi) is 5.21. The van der Waals surface area contributed by atoms with Gasteiger partial charge in [-0.05, 0) is 61.8 Å². The fourth-order valence-corrected chi connectivity index (χ4v) is 3.81. The highest BCUT2D eigenvalue weighted by Crippen LogP contribution is 2.30. The lowest BCUT2D eigenvalue weighted by molar-refractivity contribution is 0.203. The molecule has 0 aliphatic carbocycles. The van der Waals surface area contributed by atoms with Crippen LogP contribution in [-0.2, 0) is 6.54 Å². The Hall–Kier alpha value is -2.66. The van der Waals surface area contributed by atoms with Crippen LogP contribution in [0.5, 0.6) is 11.5 Å². The van der Waals surface area contributed by atoms with Gasteiger partial charge in [-0.15, -0.1) is 0 Å². The van der Waals surface area contributed by atoms with E-state index in [1.807, 2.05) is 24.5 Å². The van der Waals surface area contributed by atoms with Crippen LogP contribution in [0.2, 0.25) is 0 Å². The van der Waals surface area contributed by atoms with Crippen molar-refractivity contribution in [3.8, 4) is 11.5 Å². The number of ether oxygens (including phenoxy) is 2. The van der Waals surface area contributed by atoms with E-state index in [1.54, 1.807) is 14.2 Å². The number of aromatic nitrogens is 2. The summed E-state index contributed by atoms with van der Waals surface area (Å²) >= 11 is 0. The van der Waals surface area contributed by atoms with Gasteiger partial charge < -0.3 is 9.47 Å². The molecule has 1 aliphatic heterocycles. The zero-order valence-corrected chi connectivity index (χ0v) is 15.9. The number of fused-ring (bicyclic) bond motifs is 1. The molecule has 0 saturated carbocycles. The molecule has 27 heavy (non-hydrogen) atoms. The molecule has 0 bridgehead atoms. The molecule has 2 aromatic heterocycles. The minimum atomic E-state index is 0.507. The van der Waals surface area contributed by atoms with Crippen molar-refractivity contribution in [1.82, 2.24) is 14.9 Å². The third-order valence-electron chi connectivity index (χ3n) is 5.33. The number of pyridine rings is 2. The topological polar surface area (TPSA) is 47.5 Å². The van der Waals surface area contributed by atoms with E-state index in [4.69, 9.17) is 14.5 Å². The second kappa shape index (κ2) is 7.92. The monoisotopic (exact) mass is 363 g/mol. The lowest BCUT2D eigenvalue weighted by atomic mass is 9.92. The second-order valence-electron chi connectivity index (χ2n) is 7.08. The number of likely N-dealkylation sites (tertiary alicyclic amines) is 1. The Morgan fingerprint density at radius 3 is 2.44 bits per heavy atom. The molecule has 0 unspecified atom stereocenters. The number of hydrogen-bond acceptors (Lipinski definition) is 5. The van der Waals surface area contributed by atoms with Crippen molar-refractivity contribution < 1.29 is 9.47 Å². The van der Waals surface area contributed by atoms with Gasteiger partial charge in [0, 0.05) is 42.0 Å². The number of nitrogens with zero attached hydrogens (tertiary/aromatic N) is 3. The molecule has 5 nitrogen and oxygen atoms in total. The maximum Gasteiger partial charge on any atom is 0.122 e. The largest absolute Gasteiger partial charge is 0.497 e. The highest BCUT2D eigenvalue weighted by atomic mass is 16.5. The summed E-state index contributed by atoms with van der Waals surface area (Å²) < 4.78 is 10.8. The molecule has 1 aromatic carbocycles. The van der Waals surface area contributed by atoms with E-state index in [2.05, 4.69) is 34.1 Å². The third kappa shape index (κ3) is 4.03. The smallest absolute Gasteiger partial charge is 0.122 e. The van der Waals surface area contributed by atoms with Gasteiger partial charge in [0.25, 0.3) is 0 Å². The first-order chi connectivity index (χ1) is 13.2. The maximum absolute atomic E-state index is 5.38. The molecule has 0 radical (unpaired) electrons. The van der Waals surface area contributed by atoms with Crippen LogP contribution in [-0.4, -0.2) is 42.2 Å². The fourth-order valence-electron chi connectivity index (χ4n) is 3.81. The molecule has 0 atom stereocenters. The number of hydrogen-bond donors (Lipinski definition) is 0. The zero-order valence-electron chi connectivity index (χ0n) is 15.9. The molecule has 140 valence electrons. The van der Waals surface area contributed by atoms with Gasteiger partial charge in [0.2, 0.25) is 0 Å². The van der Waals surface area contributed by atoms with Crippen molar-refractivity contribution in [2.75, 3.05) is 27.3 Å². The summed E-state index contributed by atoms with van der Waals surface area (Å²) in [6.07, 6.45) is 6.03. The molecule has 3 heterocycles. The van der Waals surface area contributed by atoms with Crippen molar-refractivity contribution in [1.29, 1.82) is 0 Å². The molecular weight excluding hydrogens is 338 g/mol. The maximum atomic E-state index is 5.38. The normalized spacial score (nSPS) is 15.8. The van der Waals surface area contributed by atoms with E-state index in [-0.39, 0.29) is 0 Å². The van der Waals surface area contributed by atoms with Crippen LogP contribution in [0.4, 0.5) is 0 Å². The molecule has 1 fully saturated rings. The first-order valence-electron chi connectivity index (χ1n) is 9.40. The number of benzene rings is 1. The van der Waals surface area contributed by atoms with Crippen LogP contribution in [0.15, 0.2) is 48.8 Å². The van der Waals surface area contributed by atoms with E-state index >= 15 is 0 Å². The third-order valence-corrected chi connectivity index (χ3v) is 5.33. The summed E-state index contributed by atoms with van der Waals surface area (Å²) in [5, 5.41) is 1.10. The lowest BCUT2D eigenvalue weighted by Gasteiger charge is -2.31. The number of methoxy groups -OCH3 is 2. The van der Waals surface area contributed by atoms with E-state index in [9.17, 15) is 0 Å². The molecule has 0 amide bonds. The Morgan fingerprint density at radius 1 is 1.00 bits per heavy atom. The molecule has 1 saturated heterocycles.